The number of rotatable bonds is 7. The molecule has 0 aliphatic carbocycles. The third-order valence-electron chi connectivity index (χ3n) is 3.72. The van der Waals surface area contributed by atoms with Crippen molar-refractivity contribution in [2.24, 2.45) is 11.8 Å². The molecule has 1 amide bonds. The SMILES string of the molecule is CCOCC(C(C)C)N1C(=O)C(C)NC1CC(C)C. The van der Waals surface area contributed by atoms with Gasteiger partial charge >= 0.3 is 0 Å². The van der Waals surface area contributed by atoms with Gasteiger partial charge in [-0.05, 0) is 32.1 Å². The molecule has 0 radical (unpaired) electrons. The van der Waals surface area contributed by atoms with Crippen molar-refractivity contribution in [2.75, 3.05) is 13.2 Å². The maximum Gasteiger partial charge on any atom is 0.241 e. The molecule has 4 nitrogen and oxygen atoms in total. The molecule has 1 saturated heterocycles. The van der Waals surface area contributed by atoms with E-state index in [0.29, 0.717) is 25.0 Å². The Kier molecular flexibility index (Phi) is 6.27. The number of ether oxygens (including phenoxy) is 1. The molecule has 0 bridgehead atoms. The molecule has 1 aliphatic heterocycles. The lowest BCUT2D eigenvalue weighted by Gasteiger charge is -2.35. The summed E-state index contributed by atoms with van der Waals surface area (Å²) >= 11 is 0. The molecular weight excluding hydrogens is 240 g/mol. The second-order valence-electron chi connectivity index (χ2n) is 6.25. The van der Waals surface area contributed by atoms with Crippen molar-refractivity contribution in [3.8, 4) is 0 Å². The molecule has 1 rings (SSSR count). The van der Waals surface area contributed by atoms with Crippen molar-refractivity contribution in [3.05, 3.63) is 0 Å². The summed E-state index contributed by atoms with van der Waals surface area (Å²) in [5, 5.41) is 3.42. The minimum Gasteiger partial charge on any atom is -0.380 e. The van der Waals surface area contributed by atoms with Crippen LogP contribution in [0.3, 0.4) is 0 Å². The Balaban J connectivity index is 2.85. The van der Waals surface area contributed by atoms with Crippen LogP contribution < -0.4 is 5.32 Å². The number of nitrogens with zero attached hydrogens (tertiary/aromatic N) is 1. The Bertz CT molecular complexity index is 292. The van der Waals surface area contributed by atoms with Crippen LogP contribution in [0.4, 0.5) is 0 Å². The molecule has 0 aromatic carbocycles. The Morgan fingerprint density at radius 2 is 1.95 bits per heavy atom. The summed E-state index contributed by atoms with van der Waals surface area (Å²) < 4.78 is 5.58. The molecule has 4 heteroatoms. The van der Waals surface area contributed by atoms with Crippen molar-refractivity contribution in [1.29, 1.82) is 0 Å². The van der Waals surface area contributed by atoms with Crippen LogP contribution in [0.1, 0.15) is 48.0 Å². The zero-order valence-electron chi connectivity index (χ0n) is 13.3. The molecule has 0 aromatic rings. The van der Waals surface area contributed by atoms with E-state index in [1.807, 2.05) is 18.7 Å². The third-order valence-corrected chi connectivity index (χ3v) is 3.72. The van der Waals surface area contributed by atoms with Gasteiger partial charge < -0.3 is 9.64 Å². The molecule has 1 heterocycles. The van der Waals surface area contributed by atoms with Crippen LogP contribution in [0.5, 0.6) is 0 Å². The zero-order valence-corrected chi connectivity index (χ0v) is 13.3. The summed E-state index contributed by atoms with van der Waals surface area (Å²) in [5.74, 6) is 1.18. The first-order valence-electron chi connectivity index (χ1n) is 7.54. The number of carbonyl (C=O) groups excluding carboxylic acids is 1. The number of hydrogen-bond acceptors (Lipinski definition) is 3. The Morgan fingerprint density at radius 3 is 2.42 bits per heavy atom. The summed E-state index contributed by atoms with van der Waals surface area (Å²) in [6, 6.07) is 0.0836. The molecule has 0 saturated carbocycles. The average molecular weight is 270 g/mol. The van der Waals surface area contributed by atoms with Gasteiger partial charge in [0.05, 0.1) is 24.9 Å². The summed E-state index contributed by atoms with van der Waals surface area (Å²) in [7, 11) is 0. The topological polar surface area (TPSA) is 41.6 Å². The molecular formula is C15H30N2O2. The lowest BCUT2D eigenvalue weighted by molar-refractivity contribution is -0.134. The van der Waals surface area contributed by atoms with E-state index in [1.54, 1.807) is 0 Å². The number of carbonyl (C=O) groups is 1. The smallest absolute Gasteiger partial charge is 0.241 e. The fourth-order valence-electron chi connectivity index (χ4n) is 2.67. The second-order valence-corrected chi connectivity index (χ2v) is 6.25. The highest BCUT2D eigenvalue weighted by molar-refractivity contribution is 5.84. The molecule has 3 atom stereocenters. The van der Waals surface area contributed by atoms with Gasteiger partial charge in [-0.1, -0.05) is 27.7 Å². The Morgan fingerprint density at radius 1 is 1.32 bits per heavy atom. The van der Waals surface area contributed by atoms with Gasteiger partial charge in [0.2, 0.25) is 5.91 Å². The zero-order chi connectivity index (χ0) is 14.6. The van der Waals surface area contributed by atoms with Crippen molar-refractivity contribution in [1.82, 2.24) is 10.2 Å². The maximum absolute atomic E-state index is 12.4. The predicted octanol–water partition coefficient (Wildman–Crippen LogP) is 2.24. The van der Waals surface area contributed by atoms with Gasteiger partial charge in [-0.25, -0.2) is 0 Å². The van der Waals surface area contributed by atoms with E-state index in [0.717, 1.165) is 6.42 Å². The first-order chi connectivity index (χ1) is 8.88. The number of hydrogen-bond donors (Lipinski definition) is 1. The third kappa shape index (κ3) is 4.18. The fraction of sp³-hybridized carbons (Fsp3) is 0.933. The highest BCUT2D eigenvalue weighted by atomic mass is 16.5. The molecule has 0 spiro atoms. The van der Waals surface area contributed by atoms with E-state index in [4.69, 9.17) is 4.74 Å². The first-order valence-corrected chi connectivity index (χ1v) is 7.54. The molecule has 1 aliphatic rings. The quantitative estimate of drug-likeness (QED) is 0.771. The standard InChI is InChI=1S/C15H30N2O2/c1-7-19-9-13(11(4)5)17-14(8-10(2)3)16-12(6)15(17)18/h10-14,16H,7-9H2,1-6H3. The number of nitrogens with one attached hydrogen (secondary N) is 1. The summed E-state index contributed by atoms with van der Waals surface area (Å²) in [6.45, 7) is 14.0. The first kappa shape index (κ1) is 16.4. The van der Waals surface area contributed by atoms with E-state index in [9.17, 15) is 4.79 Å². The van der Waals surface area contributed by atoms with Crippen LogP contribution in [-0.4, -0.2) is 42.3 Å². The van der Waals surface area contributed by atoms with Crippen LogP contribution in [0, 0.1) is 11.8 Å². The van der Waals surface area contributed by atoms with E-state index < -0.39 is 0 Å². The lowest BCUT2D eigenvalue weighted by Crippen LogP contribution is -2.49. The fourth-order valence-corrected chi connectivity index (χ4v) is 2.67. The van der Waals surface area contributed by atoms with Crippen LogP contribution >= 0.6 is 0 Å². The van der Waals surface area contributed by atoms with E-state index in [1.165, 1.54) is 0 Å². The Hall–Kier alpha value is -0.610. The lowest BCUT2D eigenvalue weighted by atomic mass is 10.0. The van der Waals surface area contributed by atoms with Crippen LogP contribution in [0.2, 0.25) is 0 Å². The monoisotopic (exact) mass is 270 g/mol. The van der Waals surface area contributed by atoms with Crippen molar-refractivity contribution < 1.29 is 9.53 Å². The number of amides is 1. The van der Waals surface area contributed by atoms with Gasteiger partial charge in [0.15, 0.2) is 0 Å². The summed E-state index contributed by atoms with van der Waals surface area (Å²) in [5.41, 5.74) is 0. The largest absolute Gasteiger partial charge is 0.380 e. The van der Waals surface area contributed by atoms with Gasteiger partial charge in [-0.3, -0.25) is 10.1 Å². The van der Waals surface area contributed by atoms with Crippen LogP contribution in [0.25, 0.3) is 0 Å². The molecule has 19 heavy (non-hydrogen) atoms. The van der Waals surface area contributed by atoms with Gasteiger partial charge in [-0.2, -0.15) is 0 Å². The molecule has 3 unspecified atom stereocenters. The summed E-state index contributed by atoms with van der Waals surface area (Å²) in [4.78, 5) is 14.4. The highest BCUT2D eigenvalue weighted by Crippen LogP contribution is 2.24. The van der Waals surface area contributed by atoms with E-state index in [2.05, 4.69) is 33.0 Å². The molecule has 1 N–H and O–H groups in total. The predicted molar refractivity (Wildman–Crippen MR) is 77.8 cm³/mol. The second kappa shape index (κ2) is 7.25. The van der Waals surface area contributed by atoms with Gasteiger partial charge in [0, 0.05) is 6.61 Å². The van der Waals surface area contributed by atoms with Crippen molar-refractivity contribution in [3.63, 3.8) is 0 Å². The van der Waals surface area contributed by atoms with Crippen LogP contribution in [0.15, 0.2) is 0 Å². The minimum atomic E-state index is -0.0772. The van der Waals surface area contributed by atoms with E-state index in [-0.39, 0.29) is 24.2 Å². The molecule has 0 aromatic heterocycles. The normalized spacial score (nSPS) is 25.7. The van der Waals surface area contributed by atoms with Gasteiger partial charge in [-0.15, -0.1) is 0 Å². The van der Waals surface area contributed by atoms with Crippen LogP contribution in [-0.2, 0) is 9.53 Å². The minimum absolute atomic E-state index is 0.0772. The highest BCUT2D eigenvalue weighted by Gasteiger charge is 2.41. The molecule has 1 fully saturated rings. The van der Waals surface area contributed by atoms with E-state index >= 15 is 0 Å². The van der Waals surface area contributed by atoms with Crippen molar-refractivity contribution in [2.45, 2.75) is 66.2 Å². The van der Waals surface area contributed by atoms with Crippen molar-refractivity contribution >= 4 is 5.91 Å². The van der Waals surface area contributed by atoms with Gasteiger partial charge in [0.25, 0.3) is 0 Å². The Labute approximate surface area is 117 Å². The maximum atomic E-state index is 12.4. The molecule has 112 valence electrons. The average Bonchev–Trinajstić information content (AvgIpc) is 2.56. The van der Waals surface area contributed by atoms with Gasteiger partial charge in [0.1, 0.15) is 0 Å². The summed E-state index contributed by atoms with van der Waals surface area (Å²) in [6.07, 6.45) is 1.14.